The number of anilines is 1. The summed E-state index contributed by atoms with van der Waals surface area (Å²) in [5, 5.41) is 10.6. The van der Waals surface area contributed by atoms with Gasteiger partial charge in [0.05, 0.1) is 0 Å². The molecule has 0 unspecified atom stereocenters. The Balaban J connectivity index is 2.27. The molecule has 0 spiro atoms. The summed E-state index contributed by atoms with van der Waals surface area (Å²) in [4.78, 5) is 11.1. The van der Waals surface area contributed by atoms with E-state index in [0.29, 0.717) is 11.6 Å². The van der Waals surface area contributed by atoms with Crippen molar-refractivity contribution < 1.29 is 4.79 Å². The van der Waals surface area contributed by atoms with Crippen LogP contribution >= 0.6 is 11.3 Å². The molecule has 1 rings (SSSR count). The number of nitrogens with zero attached hydrogens (tertiary/aromatic N) is 2. The molecule has 0 aromatic carbocycles. The first-order valence-electron chi connectivity index (χ1n) is 3.89. The van der Waals surface area contributed by atoms with Gasteiger partial charge in [-0.3, -0.25) is 4.79 Å². The van der Waals surface area contributed by atoms with Gasteiger partial charge in [0.1, 0.15) is 5.51 Å². The number of amides is 1. The Morgan fingerprint density at radius 1 is 1.75 bits per heavy atom. The van der Waals surface area contributed by atoms with E-state index in [1.807, 2.05) is 0 Å². The van der Waals surface area contributed by atoms with Gasteiger partial charge < -0.3 is 5.32 Å². The van der Waals surface area contributed by atoms with Gasteiger partial charge in [-0.05, 0) is 6.42 Å². The maximum Gasteiger partial charge on any atom is 0.226 e. The second-order valence-electron chi connectivity index (χ2n) is 2.40. The number of unbranched alkanes of at least 4 members (excludes halogenated alkanes) is 1. The average Bonchev–Trinajstić information content (AvgIpc) is 2.53. The fourth-order valence-electron chi connectivity index (χ4n) is 0.747. The van der Waals surface area contributed by atoms with Gasteiger partial charge in [-0.1, -0.05) is 24.7 Å². The van der Waals surface area contributed by atoms with Gasteiger partial charge >= 0.3 is 0 Å². The zero-order chi connectivity index (χ0) is 8.81. The van der Waals surface area contributed by atoms with Gasteiger partial charge in [-0.2, -0.15) is 0 Å². The van der Waals surface area contributed by atoms with Crippen LogP contribution in [0.5, 0.6) is 0 Å². The molecule has 0 saturated heterocycles. The predicted octanol–water partition coefficient (Wildman–Crippen LogP) is 1.67. The summed E-state index contributed by atoms with van der Waals surface area (Å²) in [6, 6.07) is 0. The van der Waals surface area contributed by atoms with Crippen LogP contribution in [0.4, 0.5) is 5.13 Å². The van der Waals surface area contributed by atoms with Crippen LogP contribution in [0.1, 0.15) is 26.2 Å². The van der Waals surface area contributed by atoms with E-state index in [0.717, 1.165) is 12.8 Å². The van der Waals surface area contributed by atoms with Crippen molar-refractivity contribution in [3.8, 4) is 0 Å². The van der Waals surface area contributed by atoms with Crippen molar-refractivity contribution in [2.45, 2.75) is 26.2 Å². The molecule has 0 bridgehead atoms. The first-order valence-corrected chi connectivity index (χ1v) is 4.77. The topological polar surface area (TPSA) is 54.9 Å². The summed E-state index contributed by atoms with van der Waals surface area (Å²) in [6.07, 6.45) is 2.52. The molecule has 1 amide bonds. The van der Waals surface area contributed by atoms with Crippen LogP contribution in [-0.2, 0) is 4.79 Å². The van der Waals surface area contributed by atoms with Crippen molar-refractivity contribution in [2.24, 2.45) is 0 Å². The van der Waals surface area contributed by atoms with Crippen LogP contribution in [-0.4, -0.2) is 16.1 Å². The van der Waals surface area contributed by atoms with Crippen molar-refractivity contribution in [2.75, 3.05) is 5.32 Å². The Kier molecular flexibility index (Phi) is 3.66. The van der Waals surface area contributed by atoms with E-state index >= 15 is 0 Å². The van der Waals surface area contributed by atoms with Crippen LogP contribution in [0, 0.1) is 0 Å². The molecular weight excluding hydrogens is 174 g/mol. The Labute approximate surface area is 75.0 Å². The summed E-state index contributed by atoms with van der Waals surface area (Å²) >= 11 is 1.33. The summed E-state index contributed by atoms with van der Waals surface area (Å²) in [5.41, 5.74) is 1.59. The molecule has 5 heteroatoms. The molecule has 0 aliphatic rings. The molecular formula is C7H11N3OS. The van der Waals surface area contributed by atoms with Crippen LogP contribution < -0.4 is 5.32 Å². The van der Waals surface area contributed by atoms with Gasteiger partial charge in [0.25, 0.3) is 0 Å². The summed E-state index contributed by atoms with van der Waals surface area (Å²) < 4.78 is 0. The number of carbonyl (C=O) groups excluding carboxylic acids is 1. The quantitative estimate of drug-likeness (QED) is 0.776. The number of carbonyl (C=O) groups is 1. The third-order valence-corrected chi connectivity index (χ3v) is 1.97. The normalized spacial score (nSPS) is 9.75. The number of hydrogen-bond donors (Lipinski definition) is 1. The minimum atomic E-state index is 0.0219. The Hall–Kier alpha value is -0.970. The van der Waals surface area contributed by atoms with E-state index in [2.05, 4.69) is 22.4 Å². The van der Waals surface area contributed by atoms with Crippen LogP contribution in [0.15, 0.2) is 5.51 Å². The lowest BCUT2D eigenvalue weighted by atomic mass is 10.2. The Bertz CT molecular complexity index is 235. The number of aromatic nitrogens is 2. The lowest BCUT2D eigenvalue weighted by molar-refractivity contribution is -0.116. The van der Waals surface area contributed by atoms with Gasteiger partial charge in [0.15, 0.2) is 0 Å². The molecule has 1 aromatic rings. The van der Waals surface area contributed by atoms with E-state index in [9.17, 15) is 4.79 Å². The standard InChI is InChI=1S/C7H11N3OS/c1-2-3-4-6(11)9-7-10-8-5-12-7/h5H,2-4H2,1H3,(H,9,10,11). The van der Waals surface area contributed by atoms with E-state index in [4.69, 9.17) is 0 Å². The fraction of sp³-hybridized carbons (Fsp3) is 0.571. The zero-order valence-electron chi connectivity index (χ0n) is 6.91. The van der Waals surface area contributed by atoms with Crippen LogP contribution in [0.2, 0.25) is 0 Å². The van der Waals surface area contributed by atoms with Gasteiger partial charge in [0.2, 0.25) is 11.0 Å². The SMILES string of the molecule is CCCCC(=O)Nc1nncs1. The lowest BCUT2D eigenvalue weighted by Gasteiger charge is -1.97. The highest BCUT2D eigenvalue weighted by atomic mass is 32.1. The van der Waals surface area contributed by atoms with E-state index in [-0.39, 0.29) is 5.91 Å². The molecule has 1 heterocycles. The molecule has 0 aliphatic heterocycles. The van der Waals surface area contributed by atoms with Gasteiger partial charge in [-0.15, -0.1) is 10.2 Å². The highest BCUT2D eigenvalue weighted by molar-refractivity contribution is 7.13. The number of rotatable bonds is 4. The maximum absolute atomic E-state index is 11.1. The molecule has 66 valence electrons. The van der Waals surface area contributed by atoms with Crippen LogP contribution in [0.25, 0.3) is 0 Å². The first kappa shape index (κ1) is 9.12. The smallest absolute Gasteiger partial charge is 0.226 e. The minimum Gasteiger partial charge on any atom is -0.301 e. The van der Waals surface area contributed by atoms with Crippen molar-refractivity contribution in [3.05, 3.63) is 5.51 Å². The van der Waals surface area contributed by atoms with E-state index < -0.39 is 0 Å². The summed E-state index contributed by atoms with van der Waals surface area (Å²) in [6.45, 7) is 2.05. The molecule has 0 aliphatic carbocycles. The Morgan fingerprint density at radius 2 is 2.58 bits per heavy atom. The third kappa shape index (κ3) is 2.96. The van der Waals surface area contributed by atoms with Crippen molar-refractivity contribution in [1.29, 1.82) is 0 Å². The second kappa shape index (κ2) is 4.82. The molecule has 1 N–H and O–H groups in total. The fourth-order valence-corrected chi connectivity index (χ4v) is 1.21. The second-order valence-corrected chi connectivity index (χ2v) is 3.23. The van der Waals surface area contributed by atoms with Gasteiger partial charge in [-0.25, -0.2) is 0 Å². The third-order valence-electron chi connectivity index (χ3n) is 1.36. The summed E-state index contributed by atoms with van der Waals surface area (Å²) in [5.74, 6) is 0.0219. The molecule has 4 nitrogen and oxygen atoms in total. The number of nitrogens with one attached hydrogen (secondary N) is 1. The first-order chi connectivity index (χ1) is 5.83. The molecule has 0 atom stereocenters. The minimum absolute atomic E-state index is 0.0219. The highest BCUT2D eigenvalue weighted by Gasteiger charge is 2.02. The maximum atomic E-state index is 11.1. The predicted molar refractivity (Wildman–Crippen MR) is 48.1 cm³/mol. The molecule has 0 fully saturated rings. The molecule has 1 aromatic heterocycles. The zero-order valence-corrected chi connectivity index (χ0v) is 7.73. The van der Waals surface area contributed by atoms with Crippen molar-refractivity contribution in [1.82, 2.24) is 10.2 Å². The Morgan fingerprint density at radius 3 is 3.17 bits per heavy atom. The number of hydrogen-bond acceptors (Lipinski definition) is 4. The summed E-state index contributed by atoms with van der Waals surface area (Å²) in [7, 11) is 0. The van der Waals surface area contributed by atoms with E-state index in [1.54, 1.807) is 5.51 Å². The van der Waals surface area contributed by atoms with Crippen molar-refractivity contribution >= 4 is 22.4 Å². The molecule has 12 heavy (non-hydrogen) atoms. The van der Waals surface area contributed by atoms with Crippen LogP contribution in [0.3, 0.4) is 0 Å². The molecule has 0 radical (unpaired) electrons. The molecule has 0 saturated carbocycles. The monoisotopic (exact) mass is 185 g/mol. The van der Waals surface area contributed by atoms with E-state index in [1.165, 1.54) is 11.3 Å². The largest absolute Gasteiger partial charge is 0.301 e. The van der Waals surface area contributed by atoms with Crippen molar-refractivity contribution in [3.63, 3.8) is 0 Å². The highest BCUT2D eigenvalue weighted by Crippen LogP contribution is 2.08. The van der Waals surface area contributed by atoms with Gasteiger partial charge in [0, 0.05) is 6.42 Å². The average molecular weight is 185 g/mol. The lowest BCUT2D eigenvalue weighted by Crippen LogP contribution is -2.10.